The van der Waals surface area contributed by atoms with E-state index in [-0.39, 0.29) is 24.8 Å². The Kier molecular flexibility index (Phi) is 5.66. The normalized spacial score (nSPS) is 23.8. The average molecular weight is 513 g/mol. The Labute approximate surface area is 211 Å². The summed E-state index contributed by atoms with van der Waals surface area (Å²) in [6.07, 6.45) is 2.39. The third-order valence-corrected chi connectivity index (χ3v) is 7.33. The zero-order valence-electron chi connectivity index (χ0n) is 19.8. The first-order valence-electron chi connectivity index (χ1n) is 12.0. The second-order valence-corrected chi connectivity index (χ2v) is 10.0. The Morgan fingerprint density at radius 2 is 2.08 bits per heavy atom. The molecule has 4 N–H and O–H groups in total. The standard InChI is InChI=1S/C24H26ClFN8O2/c1-10(2)36-17-8-28-14-5-4-12(18(25)21(14)30-17)20-22-23(33-32-20)31-24(15(9-35)29-22)34-11-3-6-16(34)19(26)13(27)7-11/h4-5,8,10-11,13,16,19,35H,3,6-7,9,27H2,1-2H3,(H,31,32,33)/t11-,13-,16+,19-/m0/s1. The third kappa shape index (κ3) is 3.64. The minimum atomic E-state index is -1.16. The van der Waals surface area contributed by atoms with Crippen molar-refractivity contribution < 1.29 is 14.2 Å². The van der Waals surface area contributed by atoms with Gasteiger partial charge in [-0.05, 0) is 45.2 Å². The molecular formula is C24H26ClFN8O2. The predicted octanol–water partition coefficient (Wildman–Crippen LogP) is 3.30. The Morgan fingerprint density at radius 1 is 1.25 bits per heavy atom. The number of piperidine rings is 1. The number of H-pyrrole nitrogens is 1. The van der Waals surface area contributed by atoms with Gasteiger partial charge < -0.3 is 20.5 Å². The lowest BCUT2D eigenvalue weighted by atomic mass is 9.96. The highest BCUT2D eigenvalue weighted by atomic mass is 35.5. The highest BCUT2D eigenvalue weighted by Crippen LogP contribution is 2.42. The van der Waals surface area contributed by atoms with Gasteiger partial charge in [0.25, 0.3) is 0 Å². The van der Waals surface area contributed by atoms with Crippen molar-refractivity contribution in [2.24, 2.45) is 5.73 Å². The maximum absolute atomic E-state index is 14.9. The van der Waals surface area contributed by atoms with Crippen LogP contribution in [0.4, 0.5) is 10.2 Å². The van der Waals surface area contributed by atoms with Gasteiger partial charge >= 0.3 is 0 Å². The van der Waals surface area contributed by atoms with E-state index < -0.39 is 12.2 Å². The fraction of sp³-hybridized carbons (Fsp3) is 0.458. The van der Waals surface area contributed by atoms with Crippen LogP contribution in [-0.4, -0.2) is 65.6 Å². The molecule has 5 heterocycles. The summed E-state index contributed by atoms with van der Waals surface area (Å²) in [6.45, 7) is 3.46. The first-order valence-corrected chi connectivity index (χ1v) is 12.4. The van der Waals surface area contributed by atoms with Crippen LogP contribution in [0.5, 0.6) is 5.88 Å². The minimum Gasteiger partial charge on any atom is -0.474 e. The summed E-state index contributed by atoms with van der Waals surface area (Å²) in [5, 5.41) is 17.9. The zero-order valence-corrected chi connectivity index (χ0v) is 20.6. The first kappa shape index (κ1) is 23.3. The lowest BCUT2D eigenvalue weighted by molar-refractivity contribution is 0.202. The van der Waals surface area contributed by atoms with E-state index in [1.54, 1.807) is 18.3 Å². The number of aromatic nitrogens is 6. The molecule has 12 heteroatoms. The predicted molar refractivity (Wildman–Crippen MR) is 134 cm³/mol. The number of benzene rings is 1. The molecule has 3 aromatic heterocycles. The smallest absolute Gasteiger partial charge is 0.233 e. The van der Waals surface area contributed by atoms with Gasteiger partial charge in [0.05, 0.1) is 35.5 Å². The van der Waals surface area contributed by atoms with Gasteiger partial charge in [0.15, 0.2) is 11.5 Å². The molecule has 4 atom stereocenters. The number of rotatable bonds is 5. The number of nitrogens with zero attached hydrogens (tertiary/aromatic N) is 6. The van der Waals surface area contributed by atoms with Crippen LogP contribution < -0.4 is 15.4 Å². The first-order chi connectivity index (χ1) is 17.4. The monoisotopic (exact) mass is 512 g/mol. The van der Waals surface area contributed by atoms with Crippen molar-refractivity contribution in [3.63, 3.8) is 0 Å². The molecule has 36 heavy (non-hydrogen) atoms. The lowest BCUT2D eigenvalue weighted by Gasteiger charge is -2.41. The van der Waals surface area contributed by atoms with Gasteiger partial charge in [-0.15, -0.1) is 0 Å². The van der Waals surface area contributed by atoms with E-state index in [0.29, 0.717) is 68.7 Å². The number of hydrogen-bond donors (Lipinski definition) is 3. The number of aromatic amines is 1. The van der Waals surface area contributed by atoms with Crippen LogP contribution in [0.3, 0.4) is 0 Å². The highest BCUT2D eigenvalue weighted by molar-refractivity contribution is 6.38. The molecule has 2 fully saturated rings. The number of nitrogens with one attached hydrogen (secondary N) is 1. The Bertz CT molecular complexity index is 1460. The topological polar surface area (TPSA) is 139 Å². The molecule has 2 aliphatic heterocycles. The van der Waals surface area contributed by atoms with Crippen LogP contribution >= 0.6 is 11.6 Å². The SMILES string of the molecule is CC(C)Oc1cnc2ccc(-c3n[nH]c4nc(N5[C@H]6CC[C@@H]5[C@@H](F)[C@@H](N)C6)c(CO)nc34)c(Cl)c2n1. The number of nitrogens with two attached hydrogens (primary N) is 1. The molecular weight excluding hydrogens is 487 g/mol. The summed E-state index contributed by atoms with van der Waals surface area (Å²) in [7, 11) is 0. The Balaban J connectivity index is 1.45. The second-order valence-electron chi connectivity index (χ2n) is 9.64. The van der Waals surface area contributed by atoms with E-state index >= 15 is 0 Å². The molecule has 1 aromatic carbocycles. The van der Waals surface area contributed by atoms with Crippen molar-refractivity contribution >= 4 is 39.6 Å². The van der Waals surface area contributed by atoms with Crippen LogP contribution in [0.1, 0.15) is 38.8 Å². The van der Waals surface area contributed by atoms with Gasteiger partial charge in [-0.1, -0.05) is 11.6 Å². The van der Waals surface area contributed by atoms with E-state index in [4.69, 9.17) is 32.0 Å². The van der Waals surface area contributed by atoms with Gasteiger partial charge in [0.1, 0.15) is 28.6 Å². The summed E-state index contributed by atoms with van der Waals surface area (Å²) in [5.74, 6) is 0.839. The molecule has 0 radical (unpaired) electrons. The molecule has 0 aliphatic carbocycles. The molecule has 0 saturated carbocycles. The molecule has 4 aromatic rings. The lowest BCUT2D eigenvalue weighted by Crippen LogP contribution is -2.56. The molecule has 6 rings (SSSR count). The number of halogens is 2. The van der Waals surface area contributed by atoms with Crippen molar-refractivity contribution in [3.05, 3.63) is 29.0 Å². The summed E-state index contributed by atoms with van der Waals surface area (Å²) in [4.78, 5) is 20.3. The van der Waals surface area contributed by atoms with Gasteiger partial charge in [0.2, 0.25) is 5.88 Å². The fourth-order valence-corrected chi connectivity index (χ4v) is 5.68. The molecule has 188 valence electrons. The number of hydrogen-bond acceptors (Lipinski definition) is 9. The molecule has 10 nitrogen and oxygen atoms in total. The maximum Gasteiger partial charge on any atom is 0.233 e. The van der Waals surface area contributed by atoms with Gasteiger partial charge in [-0.25, -0.2) is 24.3 Å². The van der Waals surface area contributed by atoms with E-state index in [2.05, 4.69) is 20.2 Å². The third-order valence-electron chi connectivity index (χ3n) is 6.95. The van der Waals surface area contributed by atoms with Gasteiger partial charge in [0, 0.05) is 17.6 Å². The number of aliphatic hydroxyl groups is 1. The molecule has 2 aliphatic rings. The second kappa shape index (κ2) is 8.75. The summed E-state index contributed by atoms with van der Waals surface area (Å²) < 4.78 is 20.6. The van der Waals surface area contributed by atoms with E-state index in [1.807, 2.05) is 18.7 Å². The van der Waals surface area contributed by atoms with Crippen molar-refractivity contribution in [1.29, 1.82) is 0 Å². The van der Waals surface area contributed by atoms with Crippen LogP contribution in [0.25, 0.3) is 33.5 Å². The van der Waals surface area contributed by atoms with Gasteiger partial charge in [-0.3, -0.25) is 5.10 Å². The van der Waals surface area contributed by atoms with Gasteiger partial charge in [-0.2, -0.15) is 5.10 Å². The van der Waals surface area contributed by atoms with Crippen molar-refractivity contribution in [1.82, 2.24) is 30.1 Å². The van der Waals surface area contributed by atoms with Crippen molar-refractivity contribution in [2.75, 3.05) is 4.90 Å². The number of anilines is 1. The molecule has 2 saturated heterocycles. The fourth-order valence-electron chi connectivity index (χ4n) is 5.39. The Morgan fingerprint density at radius 3 is 2.86 bits per heavy atom. The largest absolute Gasteiger partial charge is 0.474 e. The molecule has 2 bridgehead atoms. The number of ether oxygens (including phenoxy) is 1. The highest BCUT2D eigenvalue weighted by Gasteiger charge is 2.48. The van der Waals surface area contributed by atoms with Crippen molar-refractivity contribution in [2.45, 2.75) is 70.1 Å². The van der Waals surface area contributed by atoms with E-state index in [9.17, 15) is 9.50 Å². The maximum atomic E-state index is 14.9. The van der Waals surface area contributed by atoms with Crippen LogP contribution in [0, 0.1) is 0 Å². The Hall–Kier alpha value is -3.15. The molecule has 0 amide bonds. The average Bonchev–Trinajstić information content (AvgIpc) is 3.42. The van der Waals surface area contributed by atoms with Crippen molar-refractivity contribution in [3.8, 4) is 17.1 Å². The quantitative estimate of drug-likeness (QED) is 0.367. The zero-order chi connectivity index (χ0) is 25.1. The molecule has 0 unspecified atom stereocenters. The molecule has 0 spiro atoms. The summed E-state index contributed by atoms with van der Waals surface area (Å²) in [5.41, 5.74) is 9.39. The number of aliphatic hydroxyl groups excluding tert-OH is 1. The van der Waals surface area contributed by atoms with Crippen LogP contribution in [0.15, 0.2) is 18.3 Å². The van der Waals surface area contributed by atoms with E-state index in [0.717, 1.165) is 6.42 Å². The minimum absolute atomic E-state index is 0.0612. The number of alkyl halides is 1. The number of fused-ring (bicyclic) bond motifs is 4. The summed E-state index contributed by atoms with van der Waals surface area (Å²) in [6, 6.07) is 2.79. The summed E-state index contributed by atoms with van der Waals surface area (Å²) >= 11 is 6.77. The van der Waals surface area contributed by atoms with Crippen LogP contribution in [-0.2, 0) is 6.61 Å². The van der Waals surface area contributed by atoms with Crippen LogP contribution in [0.2, 0.25) is 5.02 Å². The van der Waals surface area contributed by atoms with E-state index in [1.165, 1.54) is 0 Å².